The largest absolute Gasteiger partial charge is 0.547 e. The number of hydrogen-bond acceptors (Lipinski definition) is 7. The van der Waals surface area contributed by atoms with E-state index in [0.717, 1.165) is 13.1 Å². The average Bonchev–Trinajstić information content (AvgIpc) is 2.68. The van der Waals surface area contributed by atoms with Gasteiger partial charge in [0.15, 0.2) is 0 Å². The maximum atomic E-state index is 12.4. The number of amides is 2. The Morgan fingerprint density at radius 2 is 2.14 bits per heavy atom. The fourth-order valence-electron chi connectivity index (χ4n) is 3.53. The van der Waals surface area contributed by atoms with E-state index in [4.69, 9.17) is 4.65 Å². The van der Waals surface area contributed by atoms with Crippen molar-refractivity contribution in [1.82, 2.24) is 20.4 Å². The Labute approximate surface area is 168 Å². The van der Waals surface area contributed by atoms with Gasteiger partial charge in [-0.3, -0.25) is 14.5 Å². The number of benzene rings is 1. The summed E-state index contributed by atoms with van der Waals surface area (Å²) in [4.78, 5) is 39.5. The van der Waals surface area contributed by atoms with E-state index in [2.05, 4.69) is 10.6 Å². The van der Waals surface area contributed by atoms with Gasteiger partial charge in [0, 0.05) is 26.2 Å². The van der Waals surface area contributed by atoms with Gasteiger partial charge in [0.1, 0.15) is 5.75 Å². The molecule has 0 aliphatic carbocycles. The van der Waals surface area contributed by atoms with Gasteiger partial charge >= 0.3 is 13.1 Å². The van der Waals surface area contributed by atoms with E-state index < -0.39 is 24.9 Å². The molecule has 0 bridgehead atoms. The van der Waals surface area contributed by atoms with E-state index >= 15 is 0 Å². The first-order valence-corrected chi connectivity index (χ1v) is 9.53. The summed E-state index contributed by atoms with van der Waals surface area (Å²) >= 11 is 0. The number of carboxylic acid groups (broad SMARTS) is 1. The predicted molar refractivity (Wildman–Crippen MR) is 105 cm³/mol. The maximum Gasteiger partial charge on any atom is 0.547 e. The van der Waals surface area contributed by atoms with Crippen molar-refractivity contribution in [3.8, 4) is 5.75 Å². The Morgan fingerprint density at radius 3 is 2.83 bits per heavy atom. The molecular weight excluding hydrogens is 379 g/mol. The van der Waals surface area contributed by atoms with Crippen molar-refractivity contribution in [2.45, 2.75) is 12.4 Å². The Kier molecular flexibility index (Phi) is 6.73. The molecule has 0 aromatic heterocycles. The number of aromatic carboxylic acids is 1. The van der Waals surface area contributed by atoms with E-state index in [1.54, 1.807) is 12.1 Å². The summed E-state index contributed by atoms with van der Waals surface area (Å²) < 4.78 is 5.37. The second kappa shape index (κ2) is 9.25. The Bertz CT molecular complexity index is 792. The number of nitrogens with one attached hydrogen (secondary N) is 2. The molecule has 2 amide bonds. The smallest absolute Gasteiger partial charge is 0.534 e. The zero-order valence-corrected chi connectivity index (χ0v) is 16.3. The lowest BCUT2D eigenvalue weighted by molar-refractivity contribution is -0.140. The zero-order chi connectivity index (χ0) is 21.0. The van der Waals surface area contributed by atoms with Crippen molar-refractivity contribution in [3.05, 3.63) is 29.3 Å². The molecule has 156 valence electrons. The minimum absolute atomic E-state index is 0.0342. The van der Waals surface area contributed by atoms with Gasteiger partial charge in [0.25, 0.3) is 0 Å². The van der Waals surface area contributed by atoms with Crippen LogP contribution in [0.25, 0.3) is 0 Å². The third-order valence-electron chi connectivity index (χ3n) is 5.11. The Balaban J connectivity index is 1.56. The first-order chi connectivity index (χ1) is 13.9. The van der Waals surface area contributed by atoms with Crippen molar-refractivity contribution < 1.29 is 29.2 Å². The highest BCUT2D eigenvalue weighted by Gasteiger charge is 2.38. The molecule has 0 radical (unpaired) electrons. The molecule has 4 N–H and O–H groups in total. The number of para-hydroxylation sites is 1. The highest BCUT2D eigenvalue weighted by molar-refractivity contribution is 6.47. The van der Waals surface area contributed by atoms with Crippen LogP contribution in [0.2, 0.25) is 0 Å². The van der Waals surface area contributed by atoms with Gasteiger partial charge in [0.05, 0.1) is 24.6 Å². The van der Waals surface area contributed by atoms with Gasteiger partial charge < -0.3 is 30.3 Å². The molecule has 29 heavy (non-hydrogen) atoms. The number of likely N-dealkylation sites (N-methyl/N-ethyl adjacent to an activating group) is 1. The van der Waals surface area contributed by atoms with Crippen LogP contribution in [0.3, 0.4) is 0 Å². The maximum absolute atomic E-state index is 12.4. The minimum atomic E-state index is -1.37. The summed E-state index contributed by atoms with van der Waals surface area (Å²) in [5, 5.41) is 25.2. The van der Waals surface area contributed by atoms with Crippen LogP contribution >= 0.6 is 0 Å². The molecule has 1 aromatic rings. The Hall–Kier alpha value is -2.63. The molecule has 1 fully saturated rings. The average molecular weight is 404 g/mol. The zero-order valence-electron chi connectivity index (χ0n) is 16.3. The second-order valence-corrected chi connectivity index (χ2v) is 7.18. The number of hydrogen-bond donors (Lipinski definition) is 4. The molecule has 3 rings (SSSR count). The number of carboxylic acids is 1. The number of rotatable bonds is 7. The number of fused-ring (bicyclic) bond motifs is 1. The number of piperazine rings is 1. The van der Waals surface area contributed by atoms with Crippen molar-refractivity contribution in [2.75, 3.05) is 46.3 Å². The van der Waals surface area contributed by atoms with Crippen molar-refractivity contribution in [1.29, 1.82) is 0 Å². The molecule has 2 aliphatic heterocycles. The van der Waals surface area contributed by atoms with Crippen LogP contribution in [-0.2, 0) is 16.0 Å². The number of carbonyl (C=O) groups is 3. The van der Waals surface area contributed by atoms with Crippen molar-refractivity contribution in [2.24, 2.45) is 0 Å². The molecule has 0 unspecified atom stereocenters. The normalized spacial score (nSPS) is 19.5. The first-order valence-electron chi connectivity index (χ1n) is 9.53. The van der Waals surface area contributed by atoms with Gasteiger partial charge in [-0.05, 0) is 25.1 Å². The number of nitrogens with zero attached hydrogens (tertiary/aromatic N) is 2. The molecule has 0 spiro atoms. The van der Waals surface area contributed by atoms with Gasteiger partial charge in [-0.15, -0.1) is 0 Å². The highest BCUT2D eigenvalue weighted by atomic mass is 16.5. The topological polar surface area (TPSA) is 131 Å². The fraction of sp³-hybridized carbons (Fsp3) is 0.500. The third kappa shape index (κ3) is 5.05. The van der Waals surface area contributed by atoms with Gasteiger partial charge in [-0.2, -0.15) is 0 Å². The first kappa shape index (κ1) is 21.1. The quantitative estimate of drug-likeness (QED) is 0.391. The van der Waals surface area contributed by atoms with Crippen LogP contribution in [0.15, 0.2) is 18.2 Å². The highest BCUT2D eigenvalue weighted by Crippen LogP contribution is 2.30. The summed E-state index contributed by atoms with van der Waals surface area (Å²) in [6, 6.07) is 4.68. The van der Waals surface area contributed by atoms with Crippen LogP contribution in [0.4, 0.5) is 0 Å². The van der Waals surface area contributed by atoms with Gasteiger partial charge in [-0.1, -0.05) is 12.1 Å². The molecule has 1 aromatic carbocycles. The second-order valence-electron chi connectivity index (χ2n) is 7.18. The molecular formula is C18H25BN4O6. The van der Waals surface area contributed by atoms with Crippen LogP contribution in [-0.4, -0.2) is 97.1 Å². The molecule has 1 saturated heterocycles. The minimum Gasteiger partial charge on any atom is -0.534 e. The third-order valence-corrected chi connectivity index (χ3v) is 5.11. The van der Waals surface area contributed by atoms with E-state index in [0.29, 0.717) is 18.7 Å². The van der Waals surface area contributed by atoms with Crippen molar-refractivity contribution >= 4 is 24.9 Å². The SMILES string of the molecule is CNCCN1CCN(CC(=O)N[C@H]2Cc3cccc(C(=O)O)c3OB2O)C(=O)C1. The molecule has 1 atom stereocenters. The lowest BCUT2D eigenvalue weighted by Gasteiger charge is -2.34. The molecule has 2 aliphatic rings. The van der Waals surface area contributed by atoms with Crippen LogP contribution < -0.4 is 15.3 Å². The molecule has 10 nitrogen and oxygen atoms in total. The van der Waals surface area contributed by atoms with Crippen molar-refractivity contribution in [3.63, 3.8) is 0 Å². The summed E-state index contributed by atoms with van der Waals surface area (Å²) in [6.07, 6.45) is 0.231. The lowest BCUT2D eigenvalue weighted by atomic mass is 9.72. The van der Waals surface area contributed by atoms with Crippen LogP contribution in [0.1, 0.15) is 15.9 Å². The lowest BCUT2D eigenvalue weighted by Crippen LogP contribution is -2.57. The van der Waals surface area contributed by atoms with E-state index in [1.807, 2.05) is 11.9 Å². The van der Waals surface area contributed by atoms with Gasteiger partial charge in [0.2, 0.25) is 11.8 Å². The standard InChI is InChI=1S/C18H25BN4O6/c1-20-5-6-22-7-8-23(16(25)11-22)10-15(24)21-14-9-12-3-2-4-13(18(26)27)17(12)29-19(14)28/h2-4,14,20,28H,5-11H2,1H3,(H,21,24)(H,26,27)/t14-/m0/s1. The number of carbonyl (C=O) groups excluding carboxylic acids is 2. The summed E-state index contributed by atoms with van der Waals surface area (Å²) in [5.41, 5.74) is 0.558. The predicted octanol–water partition coefficient (Wildman–Crippen LogP) is -1.81. The van der Waals surface area contributed by atoms with E-state index in [9.17, 15) is 24.5 Å². The van der Waals surface area contributed by atoms with E-state index in [-0.39, 0.29) is 36.7 Å². The Morgan fingerprint density at radius 1 is 1.34 bits per heavy atom. The summed E-state index contributed by atoms with van der Waals surface area (Å²) in [7, 11) is 0.480. The summed E-state index contributed by atoms with van der Waals surface area (Å²) in [5.74, 6) is -2.27. The van der Waals surface area contributed by atoms with Crippen LogP contribution in [0, 0.1) is 0 Å². The van der Waals surface area contributed by atoms with E-state index in [1.165, 1.54) is 11.0 Å². The molecule has 11 heteroatoms. The summed E-state index contributed by atoms with van der Waals surface area (Å²) in [6.45, 7) is 2.90. The monoisotopic (exact) mass is 404 g/mol. The van der Waals surface area contributed by atoms with Gasteiger partial charge in [-0.25, -0.2) is 4.79 Å². The van der Waals surface area contributed by atoms with Crippen LogP contribution in [0.5, 0.6) is 5.75 Å². The molecule has 2 heterocycles. The fourth-order valence-corrected chi connectivity index (χ4v) is 3.53. The molecule has 0 saturated carbocycles.